The quantitative estimate of drug-likeness (QED) is 0.675. The van der Waals surface area contributed by atoms with E-state index in [1.807, 2.05) is 30.9 Å². The molecule has 10 heteroatoms. The first-order valence-corrected chi connectivity index (χ1v) is 12.2. The second-order valence-electron chi connectivity index (χ2n) is 8.69. The van der Waals surface area contributed by atoms with Crippen LogP contribution in [0.1, 0.15) is 34.1 Å². The number of likely N-dealkylation sites (N-methyl/N-ethyl adjacent to an activating group) is 1. The molecule has 0 aliphatic carbocycles. The lowest BCUT2D eigenvalue weighted by Crippen LogP contribution is -2.53. The Morgan fingerprint density at radius 3 is 2.45 bits per heavy atom. The van der Waals surface area contributed by atoms with Gasteiger partial charge in [0.15, 0.2) is 5.82 Å². The number of nitrogens with zero attached hydrogens (tertiary/aromatic N) is 7. The number of urea groups is 1. The zero-order chi connectivity index (χ0) is 23.4. The molecule has 0 radical (unpaired) electrons. The van der Waals surface area contributed by atoms with E-state index in [4.69, 9.17) is 0 Å². The molecule has 0 bridgehead atoms. The minimum Gasteiger partial charge on any atom is -0.324 e. The summed E-state index contributed by atoms with van der Waals surface area (Å²) in [4.78, 5) is 19.7. The summed E-state index contributed by atoms with van der Waals surface area (Å²) in [6, 6.07) is 2.29. The second-order valence-corrected chi connectivity index (χ2v) is 9.87. The molecule has 9 nitrogen and oxygen atoms in total. The van der Waals surface area contributed by atoms with Crippen molar-refractivity contribution < 1.29 is 4.79 Å². The largest absolute Gasteiger partial charge is 0.324 e. The molecule has 2 amide bonds. The zero-order valence-electron chi connectivity index (χ0n) is 19.6. The number of piperazine rings is 1. The van der Waals surface area contributed by atoms with Crippen molar-refractivity contribution in [2.45, 2.75) is 32.7 Å². The number of anilines is 1. The molecule has 2 saturated heterocycles. The Hall–Kier alpha value is -2.69. The van der Waals surface area contributed by atoms with Gasteiger partial charge >= 0.3 is 6.03 Å². The fraction of sp³-hybridized carbons (Fsp3) is 0.522. The summed E-state index contributed by atoms with van der Waals surface area (Å²) in [7, 11) is 2.18. The number of allylic oxidation sites excluding steroid dienone is 2. The Morgan fingerprint density at radius 1 is 1.09 bits per heavy atom. The number of hydrogen-bond donors (Lipinski definition) is 1. The van der Waals surface area contributed by atoms with E-state index in [1.165, 1.54) is 11.3 Å². The van der Waals surface area contributed by atoms with Crippen LogP contribution in [0.4, 0.5) is 10.6 Å². The molecule has 0 aromatic carbocycles. The van der Waals surface area contributed by atoms with Crippen molar-refractivity contribution in [1.29, 1.82) is 0 Å². The number of hydrogen-bond acceptors (Lipinski definition) is 8. The average molecular weight is 469 g/mol. The lowest BCUT2D eigenvalue weighted by atomic mass is 10.0. The first-order valence-electron chi connectivity index (χ1n) is 11.4. The van der Waals surface area contributed by atoms with Crippen molar-refractivity contribution in [3.05, 3.63) is 40.0 Å². The van der Waals surface area contributed by atoms with Crippen LogP contribution in [0.25, 0.3) is 11.6 Å². The third kappa shape index (κ3) is 5.82. The normalized spacial score (nSPS) is 19.0. The van der Waals surface area contributed by atoms with Gasteiger partial charge in [0.05, 0.1) is 5.69 Å². The molecule has 0 unspecified atom stereocenters. The fourth-order valence-electron chi connectivity index (χ4n) is 4.27. The van der Waals surface area contributed by atoms with Crippen molar-refractivity contribution in [2.75, 3.05) is 51.6 Å². The molecule has 2 aromatic rings. The molecular formula is C23H32N8OS. The van der Waals surface area contributed by atoms with Gasteiger partial charge in [-0.15, -0.1) is 15.3 Å². The molecule has 0 atom stereocenters. The van der Waals surface area contributed by atoms with Gasteiger partial charge in [-0.25, -0.2) is 4.79 Å². The van der Waals surface area contributed by atoms with Crippen LogP contribution in [-0.4, -0.2) is 93.5 Å². The van der Waals surface area contributed by atoms with E-state index >= 15 is 0 Å². The van der Waals surface area contributed by atoms with Crippen LogP contribution in [-0.2, 0) is 0 Å². The summed E-state index contributed by atoms with van der Waals surface area (Å²) in [5.41, 5.74) is 2.48. The molecule has 33 heavy (non-hydrogen) atoms. The van der Waals surface area contributed by atoms with E-state index in [2.05, 4.69) is 49.1 Å². The van der Waals surface area contributed by atoms with Gasteiger partial charge in [-0.05, 0) is 45.9 Å². The van der Waals surface area contributed by atoms with Crippen molar-refractivity contribution in [1.82, 2.24) is 35.1 Å². The van der Waals surface area contributed by atoms with Crippen LogP contribution >= 0.6 is 11.3 Å². The predicted molar refractivity (Wildman–Crippen MR) is 132 cm³/mol. The molecule has 0 saturated carbocycles. The number of aryl methyl sites for hydroxylation is 2. The summed E-state index contributed by atoms with van der Waals surface area (Å²) >= 11 is 1.51. The zero-order valence-corrected chi connectivity index (χ0v) is 20.4. The van der Waals surface area contributed by atoms with Gasteiger partial charge in [-0.1, -0.05) is 24.0 Å². The number of likely N-dealkylation sites (tertiary alicyclic amines) is 1. The van der Waals surface area contributed by atoms with Gasteiger partial charge in [-0.2, -0.15) is 5.10 Å². The maximum Gasteiger partial charge on any atom is 0.323 e. The van der Waals surface area contributed by atoms with Gasteiger partial charge < -0.3 is 9.80 Å². The monoisotopic (exact) mass is 468 g/mol. The van der Waals surface area contributed by atoms with Gasteiger partial charge in [0.2, 0.25) is 0 Å². The topological polar surface area (TPSA) is 90.4 Å². The highest BCUT2D eigenvalue weighted by atomic mass is 32.1. The Bertz CT molecular complexity index is 1020. The summed E-state index contributed by atoms with van der Waals surface area (Å²) in [6.45, 7) is 13.7. The number of carbonyl (C=O) groups excluding carboxylic acids is 1. The number of carbonyl (C=O) groups is 1. The SMILES string of the molecule is C=C/C(=C\c1cc(NC(=O)N2CCC(N3CCN(C)CC3)CC2)nnc1C)c1nnc(C)s1. The second kappa shape index (κ2) is 10.5. The first-order chi connectivity index (χ1) is 15.9. The molecule has 0 spiro atoms. The van der Waals surface area contributed by atoms with Crippen LogP contribution in [0.2, 0.25) is 0 Å². The first kappa shape index (κ1) is 23.5. The van der Waals surface area contributed by atoms with Crippen molar-refractivity contribution in [3.63, 3.8) is 0 Å². The third-order valence-electron chi connectivity index (χ3n) is 6.36. The van der Waals surface area contributed by atoms with E-state index in [0.717, 1.165) is 79.0 Å². The molecule has 1 N–H and O–H groups in total. The number of nitrogens with one attached hydrogen (secondary N) is 1. The predicted octanol–water partition coefficient (Wildman–Crippen LogP) is 2.92. The Balaban J connectivity index is 1.38. The summed E-state index contributed by atoms with van der Waals surface area (Å²) in [5, 5.41) is 21.3. The minimum atomic E-state index is -0.122. The number of rotatable bonds is 5. The van der Waals surface area contributed by atoms with Crippen molar-refractivity contribution in [3.8, 4) is 0 Å². The third-order valence-corrected chi connectivity index (χ3v) is 7.25. The smallest absolute Gasteiger partial charge is 0.323 e. The number of amides is 2. The van der Waals surface area contributed by atoms with Crippen molar-refractivity contribution in [2.24, 2.45) is 0 Å². The van der Waals surface area contributed by atoms with Crippen LogP contribution in [0, 0.1) is 13.8 Å². The average Bonchev–Trinajstić information content (AvgIpc) is 3.26. The lowest BCUT2D eigenvalue weighted by Gasteiger charge is -2.42. The van der Waals surface area contributed by atoms with Crippen LogP contribution in [0.3, 0.4) is 0 Å². The van der Waals surface area contributed by atoms with Crippen LogP contribution in [0.15, 0.2) is 18.7 Å². The summed E-state index contributed by atoms with van der Waals surface area (Å²) < 4.78 is 0. The van der Waals surface area contributed by atoms with Gasteiger partial charge in [-0.3, -0.25) is 10.2 Å². The Morgan fingerprint density at radius 2 is 1.82 bits per heavy atom. The maximum absolute atomic E-state index is 12.9. The van der Waals surface area contributed by atoms with E-state index in [-0.39, 0.29) is 6.03 Å². The molecule has 2 aromatic heterocycles. The van der Waals surface area contributed by atoms with Crippen molar-refractivity contribution >= 4 is 34.8 Å². The Kier molecular flexibility index (Phi) is 7.46. The summed E-state index contributed by atoms with van der Waals surface area (Å²) in [5.74, 6) is 0.440. The molecule has 2 aliphatic rings. The highest BCUT2D eigenvalue weighted by molar-refractivity contribution is 7.12. The standard InChI is InChI=1S/C23H32N8OS/c1-5-18(22-28-26-17(3)33-22)14-19-15-21(27-25-16(19)2)24-23(32)31-8-6-20(7-9-31)30-12-10-29(4)11-13-30/h5,14-15,20H,1,6-13H2,2-4H3,(H,24,27,32)/b18-14+. The number of aromatic nitrogens is 4. The highest BCUT2D eigenvalue weighted by Gasteiger charge is 2.28. The highest BCUT2D eigenvalue weighted by Crippen LogP contribution is 2.24. The molecule has 2 aliphatic heterocycles. The number of piperidine rings is 1. The molecular weight excluding hydrogens is 436 g/mol. The Labute approximate surface area is 199 Å². The summed E-state index contributed by atoms with van der Waals surface area (Å²) in [6.07, 6.45) is 5.72. The van der Waals surface area contributed by atoms with Gasteiger partial charge in [0.1, 0.15) is 10.0 Å². The van der Waals surface area contributed by atoms with E-state index in [0.29, 0.717) is 11.9 Å². The maximum atomic E-state index is 12.9. The van der Waals surface area contributed by atoms with E-state index in [1.54, 1.807) is 6.08 Å². The molecule has 176 valence electrons. The van der Waals surface area contributed by atoms with Crippen LogP contribution in [0.5, 0.6) is 0 Å². The fourth-order valence-corrected chi connectivity index (χ4v) is 4.98. The molecule has 4 rings (SSSR count). The lowest BCUT2D eigenvalue weighted by molar-refractivity contribution is 0.0765. The molecule has 4 heterocycles. The van der Waals surface area contributed by atoms with E-state index in [9.17, 15) is 4.79 Å². The van der Waals surface area contributed by atoms with Crippen LogP contribution < -0.4 is 5.32 Å². The molecule has 2 fully saturated rings. The van der Waals surface area contributed by atoms with E-state index < -0.39 is 0 Å². The minimum absolute atomic E-state index is 0.122. The van der Waals surface area contributed by atoms with Gasteiger partial charge in [0.25, 0.3) is 0 Å². The van der Waals surface area contributed by atoms with Gasteiger partial charge in [0, 0.05) is 56.4 Å².